The van der Waals surface area contributed by atoms with Crippen LogP contribution in [-0.2, 0) is 6.42 Å². The van der Waals surface area contributed by atoms with Gasteiger partial charge in [-0.25, -0.2) is 0 Å². The summed E-state index contributed by atoms with van der Waals surface area (Å²) in [7, 11) is 0. The molecule has 0 aliphatic carbocycles. The molecule has 0 saturated heterocycles. The lowest BCUT2D eigenvalue weighted by Gasteiger charge is -1.99. The summed E-state index contributed by atoms with van der Waals surface area (Å²) in [6.07, 6.45) is 0.653. The van der Waals surface area contributed by atoms with Gasteiger partial charge in [-0.3, -0.25) is 10.1 Å². The summed E-state index contributed by atoms with van der Waals surface area (Å²) in [6.45, 7) is 1.66. The SMILES string of the molecule is C[C@H](O)CCc1ccc([N+](=O)[O-])o1. The van der Waals surface area contributed by atoms with Crippen molar-refractivity contribution in [3.63, 3.8) is 0 Å². The molecule has 0 aliphatic heterocycles. The molecule has 0 bridgehead atoms. The molecule has 0 spiro atoms. The molecule has 72 valence electrons. The van der Waals surface area contributed by atoms with E-state index in [1.807, 2.05) is 0 Å². The maximum absolute atomic E-state index is 10.2. The molecule has 1 N–H and O–H groups in total. The smallest absolute Gasteiger partial charge is 0.406 e. The predicted molar refractivity (Wildman–Crippen MR) is 45.4 cm³/mol. The van der Waals surface area contributed by atoms with E-state index in [0.717, 1.165) is 0 Å². The monoisotopic (exact) mass is 185 g/mol. The first-order valence-corrected chi connectivity index (χ1v) is 4.01. The Labute approximate surface area is 75.1 Å². The van der Waals surface area contributed by atoms with Crippen LogP contribution < -0.4 is 0 Å². The fraction of sp³-hybridized carbons (Fsp3) is 0.500. The highest BCUT2D eigenvalue weighted by Gasteiger charge is 2.11. The van der Waals surface area contributed by atoms with Crippen molar-refractivity contribution in [1.82, 2.24) is 0 Å². The molecule has 1 rings (SSSR count). The molecule has 1 heterocycles. The van der Waals surface area contributed by atoms with Gasteiger partial charge in [-0.2, -0.15) is 0 Å². The lowest BCUT2D eigenvalue weighted by molar-refractivity contribution is -0.402. The van der Waals surface area contributed by atoms with Crippen LogP contribution in [0.25, 0.3) is 0 Å². The molecule has 0 aromatic carbocycles. The first kappa shape index (κ1) is 9.73. The van der Waals surface area contributed by atoms with Crippen molar-refractivity contribution >= 4 is 5.88 Å². The first-order valence-electron chi connectivity index (χ1n) is 4.01. The highest BCUT2D eigenvalue weighted by atomic mass is 16.6. The number of nitrogens with zero attached hydrogens (tertiary/aromatic N) is 1. The topological polar surface area (TPSA) is 76.5 Å². The third kappa shape index (κ3) is 2.87. The van der Waals surface area contributed by atoms with Crippen molar-refractivity contribution in [3.05, 3.63) is 28.0 Å². The minimum atomic E-state index is -0.578. The number of aliphatic hydroxyl groups is 1. The molecule has 5 nitrogen and oxygen atoms in total. The number of hydrogen-bond acceptors (Lipinski definition) is 4. The lowest BCUT2D eigenvalue weighted by atomic mass is 10.2. The Morgan fingerprint density at radius 3 is 2.85 bits per heavy atom. The molecule has 1 atom stereocenters. The summed E-state index contributed by atoms with van der Waals surface area (Å²) in [5, 5.41) is 19.2. The van der Waals surface area contributed by atoms with Gasteiger partial charge in [0.1, 0.15) is 10.7 Å². The van der Waals surface area contributed by atoms with Gasteiger partial charge in [0, 0.05) is 6.42 Å². The Hall–Kier alpha value is -1.36. The van der Waals surface area contributed by atoms with E-state index in [9.17, 15) is 10.1 Å². The van der Waals surface area contributed by atoms with Crippen molar-refractivity contribution in [2.45, 2.75) is 25.9 Å². The first-order chi connectivity index (χ1) is 6.09. The average molecular weight is 185 g/mol. The highest BCUT2D eigenvalue weighted by Crippen LogP contribution is 2.17. The molecule has 1 aromatic heterocycles. The number of furan rings is 1. The molecule has 0 aliphatic rings. The molecule has 5 heteroatoms. The maximum Gasteiger partial charge on any atom is 0.433 e. The van der Waals surface area contributed by atoms with E-state index >= 15 is 0 Å². The summed E-state index contributed by atoms with van der Waals surface area (Å²) in [4.78, 5) is 9.64. The third-order valence-electron chi connectivity index (χ3n) is 1.64. The molecule has 13 heavy (non-hydrogen) atoms. The van der Waals surface area contributed by atoms with Crippen LogP contribution in [0.4, 0.5) is 5.88 Å². The summed E-state index contributed by atoms with van der Waals surface area (Å²) >= 11 is 0. The number of aliphatic hydroxyl groups excluding tert-OH is 1. The Morgan fingerprint density at radius 1 is 1.69 bits per heavy atom. The van der Waals surface area contributed by atoms with Crippen LogP contribution in [0.3, 0.4) is 0 Å². The summed E-state index contributed by atoms with van der Waals surface area (Å²) in [5.41, 5.74) is 0. The molecular weight excluding hydrogens is 174 g/mol. The van der Waals surface area contributed by atoms with Crippen LogP contribution in [0.5, 0.6) is 0 Å². The summed E-state index contributed by atoms with van der Waals surface area (Å²) in [6, 6.07) is 2.87. The second-order valence-electron chi connectivity index (χ2n) is 2.88. The van der Waals surface area contributed by atoms with Crippen LogP contribution in [0.1, 0.15) is 19.1 Å². The van der Waals surface area contributed by atoms with Crippen LogP contribution in [0.15, 0.2) is 16.5 Å². The zero-order valence-corrected chi connectivity index (χ0v) is 7.27. The van der Waals surface area contributed by atoms with Gasteiger partial charge in [-0.1, -0.05) is 0 Å². The number of hydrogen-bond donors (Lipinski definition) is 1. The molecule has 0 fully saturated rings. The van der Waals surface area contributed by atoms with Gasteiger partial charge in [0.25, 0.3) is 0 Å². The van der Waals surface area contributed by atoms with Crippen LogP contribution in [0, 0.1) is 10.1 Å². The zero-order valence-electron chi connectivity index (χ0n) is 7.27. The Balaban J connectivity index is 2.54. The van der Waals surface area contributed by atoms with Crippen molar-refractivity contribution in [3.8, 4) is 0 Å². The minimum Gasteiger partial charge on any atom is -0.406 e. The fourth-order valence-corrected chi connectivity index (χ4v) is 0.950. The van der Waals surface area contributed by atoms with Crippen molar-refractivity contribution in [2.75, 3.05) is 0 Å². The number of nitro groups is 1. The Bertz CT molecular complexity index is 292. The Morgan fingerprint density at radius 2 is 2.38 bits per heavy atom. The van der Waals surface area contributed by atoms with E-state index in [2.05, 4.69) is 0 Å². The molecular formula is C8H11NO4. The van der Waals surface area contributed by atoms with Crippen LogP contribution in [0.2, 0.25) is 0 Å². The third-order valence-corrected chi connectivity index (χ3v) is 1.64. The minimum absolute atomic E-state index is 0.249. The molecule has 0 radical (unpaired) electrons. The van der Waals surface area contributed by atoms with E-state index < -0.39 is 11.0 Å². The van der Waals surface area contributed by atoms with Gasteiger partial charge >= 0.3 is 5.88 Å². The van der Waals surface area contributed by atoms with E-state index in [1.54, 1.807) is 13.0 Å². The zero-order chi connectivity index (χ0) is 9.84. The van der Waals surface area contributed by atoms with E-state index in [4.69, 9.17) is 9.52 Å². The van der Waals surface area contributed by atoms with E-state index in [1.165, 1.54) is 6.07 Å². The maximum atomic E-state index is 10.2. The van der Waals surface area contributed by atoms with Gasteiger partial charge in [-0.15, -0.1) is 0 Å². The van der Waals surface area contributed by atoms with Gasteiger partial charge < -0.3 is 9.52 Å². The van der Waals surface area contributed by atoms with E-state index in [-0.39, 0.29) is 5.88 Å². The molecule has 1 aromatic rings. The normalized spacial score (nSPS) is 12.8. The van der Waals surface area contributed by atoms with Gasteiger partial charge in [-0.05, 0) is 19.4 Å². The largest absolute Gasteiger partial charge is 0.433 e. The van der Waals surface area contributed by atoms with Crippen LogP contribution in [-0.4, -0.2) is 16.1 Å². The average Bonchev–Trinajstić information content (AvgIpc) is 2.48. The highest BCUT2D eigenvalue weighted by molar-refractivity contribution is 5.17. The molecule has 0 amide bonds. The van der Waals surface area contributed by atoms with Gasteiger partial charge in [0.2, 0.25) is 0 Å². The molecule has 0 unspecified atom stereocenters. The second-order valence-corrected chi connectivity index (χ2v) is 2.88. The standard InChI is InChI=1S/C8H11NO4/c1-6(10)2-3-7-4-5-8(13-7)9(11)12/h4-6,10H,2-3H2,1H3/t6-/m0/s1. The second kappa shape index (κ2) is 4.04. The lowest BCUT2D eigenvalue weighted by Crippen LogP contribution is -2.00. The summed E-state index contributed by atoms with van der Waals surface area (Å²) < 4.78 is 4.89. The summed E-state index contributed by atoms with van der Waals surface area (Å²) in [5.74, 6) is 0.285. The molecule has 0 saturated carbocycles. The fourth-order valence-electron chi connectivity index (χ4n) is 0.950. The Kier molecular flexibility index (Phi) is 3.02. The van der Waals surface area contributed by atoms with Crippen molar-refractivity contribution < 1.29 is 14.4 Å². The van der Waals surface area contributed by atoms with Gasteiger partial charge in [0.05, 0.1) is 12.2 Å². The van der Waals surface area contributed by atoms with Crippen LogP contribution >= 0.6 is 0 Å². The van der Waals surface area contributed by atoms with E-state index in [0.29, 0.717) is 18.6 Å². The van der Waals surface area contributed by atoms with Crippen molar-refractivity contribution in [1.29, 1.82) is 0 Å². The van der Waals surface area contributed by atoms with Crippen molar-refractivity contribution in [2.24, 2.45) is 0 Å². The number of rotatable bonds is 4. The quantitative estimate of drug-likeness (QED) is 0.569. The number of aryl methyl sites for hydroxylation is 1. The predicted octanol–water partition coefficient (Wildman–Crippen LogP) is 1.50. The van der Waals surface area contributed by atoms with Gasteiger partial charge in [0.15, 0.2) is 0 Å².